The largest absolute Gasteiger partial charge is 0.368 e. The van der Waals surface area contributed by atoms with Crippen LogP contribution in [0.3, 0.4) is 0 Å². The summed E-state index contributed by atoms with van der Waals surface area (Å²) in [6.45, 7) is 3.29. The number of piperidine rings is 1. The first kappa shape index (κ1) is 15.5. The van der Waals surface area contributed by atoms with Crippen LogP contribution < -0.4 is 5.69 Å². The molecule has 1 amide bonds. The van der Waals surface area contributed by atoms with E-state index in [0.29, 0.717) is 18.7 Å². The molecular formula is C16H21N5O2. The number of benzene rings is 1. The molecule has 1 aliphatic rings. The molecule has 122 valence electrons. The van der Waals surface area contributed by atoms with Gasteiger partial charge in [-0.1, -0.05) is 25.1 Å². The minimum Gasteiger partial charge on any atom is -0.341 e. The lowest BCUT2D eigenvalue weighted by atomic mass is 10.1. The predicted octanol–water partition coefficient (Wildman–Crippen LogP) is 1.39. The Hall–Kier alpha value is -2.44. The Morgan fingerprint density at radius 1 is 1.26 bits per heavy atom. The van der Waals surface area contributed by atoms with Gasteiger partial charge >= 0.3 is 5.69 Å². The molecule has 1 atom stereocenters. The van der Waals surface area contributed by atoms with Crippen molar-refractivity contribution in [2.45, 2.75) is 38.6 Å². The van der Waals surface area contributed by atoms with Gasteiger partial charge in [0.2, 0.25) is 5.91 Å². The summed E-state index contributed by atoms with van der Waals surface area (Å²) in [6.07, 6.45) is 3.11. The van der Waals surface area contributed by atoms with Crippen molar-refractivity contribution in [1.29, 1.82) is 0 Å². The Morgan fingerprint density at radius 3 is 2.78 bits per heavy atom. The standard InChI is InChI=1S/C16H21N5O2/c1-2-7-15(22)19-11-6-10-14(12-19)21-16(23)20(17-18-21)13-8-4-3-5-9-13/h3-5,8-9,14H,2,6-7,10-12H2,1H3/t14-/m1/s1. The zero-order valence-electron chi connectivity index (χ0n) is 13.3. The molecule has 0 N–H and O–H groups in total. The number of amides is 1. The lowest BCUT2D eigenvalue weighted by Gasteiger charge is -2.32. The zero-order valence-corrected chi connectivity index (χ0v) is 13.3. The van der Waals surface area contributed by atoms with E-state index in [1.165, 1.54) is 9.36 Å². The predicted molar refractivity (Wildman–Crippen MR) is 85.4 cm³/mol. The van der Waals surface area contributed by atoms with E-state index < -0.39 is 0 Å². The molecule has 0 radical (unpaired) electrons. The van der Waals surface area contributed by atoms with Gasteiger partial charge in [-0.05, 0) is 41.8 Å². The molecule has 7 nitrogen and oxygen atoms in total. The maximum Gasteiger partial charge on any atom is 0.368 e. The number of rotatable bonds is 4. The normalized spacial score (nSPS) is 18.1. The molecular weight excluding hydrogens is 294 g/mol. The molecule has 23 heavy (non-hydrogen) atoms. The highest BCUT2D eigenvalue weighted by Gasteiger charge is 2.27. The summed E-state index contributed by atoms with van der Waals surface area (Å²) in [4.78, 5) is 26.5. The summed E-state index contributed by atoms with van der Waals surface area (Å²) in [5.41, 5.74) is 0.435. The van der Waals surface area contributed by atoms with E-state index in [1.807, 2.05) is 42.2 Å². The van der Waals surface area contributed by atoms with Crippen molar-refractivity contribution < 1.29 is 4.79 Å². The molecule has 3 rings (SSSR count). The van der Waals surface area contributed by atoms with E-state index in [1.54, 1.807) is 0 Å². The fraction of sp³-hybridized carbons (Fsp3) is 0.500. The van der Waals surface area contributed by atoms with Crippen molar-refractivity contribution in [3.63, 3.8) is 0 Å². The van der Waals surface area contributed by atoms with Crippen LogP contribution in [0.1, 0.15) is 38.6 Å². The fourth-order valence-corrected chi connectivity index (χ4v) is 2.97. The molecule has 1 aliphatic heterocycles. The molecule has 1 aromatic heterocycles. The monoisotopic (exact) mass is 315 g/mol. The van der Waals surface area contributed by atoms with Crippen molar-refractivity contribution in [1.82, 2.24) is 24.7 Å². The maximum atomic E-state index is 12.6. The van der Waals surface area contributed by atoms with Gasteiger partial charge in [0.1, 0.15) is 0 Å². The van der Waals surface area contributed by atoms with Crippen LogP contribution in [0.4, 0.5) is 0 Å². The second-order valence-electron chi connectivity index (χ2n) is 5.84. The van der Waals surface area contributed by atoms with Crippen LogP contribution >= 0.6 is 0 Å². The van der Waals surface area contributed by atoms with Crippen molar-refractivity contribution in [2.24, 2.45) is 0 Å². The summed E-state index contributed by atoms with van der Waals surface area (Å²) in [5, 5.41) is 8.02. The average Bonchev–Trinajstić information content (AvgIpc) is 2.97. The molecule has 7 heteroatoms. The Balaban J connectivity index is 1.81. The van der Waals surface area contributed by atoms with E-state index in [9.17, 15) is 9.59 Å². The second kappa shape index (κ2) is 6.76. The van der Waals surface area contributed by atoms with E-state index >= 15 is 0 Å². The fourth-order valence-electron chi connectivity index (χ4n) is 2.97. The number of carbonyl (C=O) groups is 1. The lowest BCUT2D eigenvalue weighted by molar-refractivity contribution is -0.132. The van der Waals surface area contributed by atoms with Crippen LogP contribution in [0.2, 0.25) is 0 Å². The van der Waals surface area contributed by atoms with E-state index in [4.69, 9.17) is 0 Å². The van der Waals surface area contributed by atoms with Crippen molar-refractivity contribution >= 4 is 5.91 Å². The third-order valence-corrected chi connectivity index (χ3v) is 4.16. The highest BCUT2D eigenvalue weighted by Crippen LogP contribution is 2.20. The van der Waals surface area contributed by atoms with Crippen molar-refractivity contribution in [2.75, 3.05) is 13.1 Å². The molecule has 1 fully saturated rings. The van der Waals surface area contributed by atoms with Crippen LogP contribution in [0.25, 0.3) is 5.69 Å². The Bertz CT molecular complexity index is 722. The second-order valence-corrected chi connectivity index (χ2v) is 5.84. The molecule has 1 saturated heterocycles. The summed E-state index contributed by atoms with van der Waals surface area (Å²) < 4.78 is 2.71. The first-order chi connectivity index (χ1) is 11.2. The van der Waals surface area contributed by atoms with E-state index in [-0.39, 0.29) is 17.6 Å². The van der Waals surface area contributed by atoms with Gasteiger partial charge in [-0.25, -0.2) is 4.79 Å². The molecule has 0 aliphatic carbocycles. The average molecular weight is 315 g/mol. The quantitative estimate of drug-likeness (QED) is 0.855. The molecule has 0 spiro atoms. The topological polar surface area (TPSA) is 73.0 Å². The van der Waals surface area contributed by atoms with Crippen LogP contribution in [0, 0.1) is 0 Å². The number of aromatic nitrogens is 4. The first-order valence-electron chi connectivity index (χ1n) is 8.08. The van der Waals surface area contributed by atoms with Gasteiger partial charge in [0.05, 0.1) is 11.7 Å². The van der Waals surface area contributed by atoms with Crippen molar-refractivity contribution in [3.05, 3.63) is 40.8 Å². The van der Waals surface area contributed by atoms with Gasteiger partial charge in [-0.2, -0.15) is 9.36 Å². The number of hydrogen-bond acceptors (Lipinski definition) is 4. The third kappa shape index (κ3) is 3.18. The molecule has 0 saturated carbocycles. The third-order valence-electron chi connectivity index (χ3n) is 4.16. The molecule has 2 aromatic rings. The first-order valence-corrected chi connectivity index (χ1v) is 8.08. The summed E-state index contributed by atoms with van der Waals surface area (Å²) in [5.74, 6) is 0.153. The van der Waals surface area contributed by atoms with Crippen molar-refractivity contribution in [3.8, 4) is 5.69 Å². The van der Waals surface area contributed by atoms with Gasteiger partial charge in [0.15, 0.2) is 0 Å². The van der Waals surface area contributed by atoms with E-state index in [2.05, 4.69) is 10.4 Å². The molecule has 2 heterocycles. The minimum atomic E-state index is -0.258. The molecule has 0 unspecified atom stereocenters. The Morgan fingerprint density at radius 2 is 2.04 bits per heavy atom. The Labute approximate surface area is 134 Å². The zero-order chi connectivity index (χ0) is 16.2. The van der Waals surface area contributed by atoms with Gasteiger partial charge in [-0.15, -0.1) is 0 Å². The summed E-state index contributed by atoms with van der Waals surface area (Å²) >= 11 is 0. The maximum absolute atomic E-state index is 12.6. The number of likely N-dealkylation sites (tertiary alicyclic amines) is 1. The van der Waals surface area contributed by atoms with E-state index in [0.717, 1.165) is 25.8 Å². The number of nitrogens with zero attached hydrogens (tertiary/aromatic N) is 5. The Kier molecular flexibility index (Phi) is 4.55. The minimum absolute atomic E-state index is 0.102. The van der Waals surface area contributed by atoms with Gasteiger partial charge in [0, 0.05) is 19.5 Å². The van der Waals surface area contributed by atoms with Gasteiger partial charge in [-0.3, -0.25) is 4.79 Å². The van der Waals surface area contributed by atoms with Gasteiger partial charge in [0.25, 0.3) is 0 Å². The van der Waals surface area contributed by atoms with Gasteiger partial charge < -0.3 is 4.90 Å². The number of carbonyl (C=O) groups excluding carboxylic acids is 1. The highest BCUT2D eigenvalue weighted by molar-refractivity contribution is 5.76. The van der Waals surface area contributed by atoms with Crippen LogP contribution in [0.5, 0.6) is 0 Å². The van der Waals surface area contributed by atoms with Crippen LogP contribution in [-0.2, 0) is 4.79 Å². The molecule has 0 bridgehead atoms. The number of hydrogen-bond donors (Lipinski definition) is 0. The highest BCUT2D eigenvalue weighted by atomic mass is 16.2. The smallest absolute Gasteiger partial charge is 0.341 e. The summed E-state index contributed by atoms with van der Waals surface area (Å²) in [7, 11) is 0. The van der Waals surface area contributed by atoms with Crippen LogP contribution in [-0.4, -0.2) is 43.7 Å². The summed E-state index contributed by atoms with van der Waals surface area (Å²) in [6, 6.07) is 9.13. The molecule has 1 aromatic carbocycles. The van der Waals surface area contributed by atoms with Crippen LogP contribution in [0.15, 0.2) is 35.1 Å². The SMILES string of the molecule is CCCC(=O)N1CCC[C@@H](n2nnn(-c3ccccc3)c2=O)C1. The number of tetrazole rings is 1. The lowest BCUT2D eigenvalue weighted by Crippen LogP contribution is -2.43. The number of para-hydroxylation sites is 1.